The largest absolute Gasteiger partial charge is 0.481 e. The molecule has 0 radical (unpaired) electrons. The Bertz CT molecular complexity index is 566. The standard InChI is InChI=1S/C14H18BrN3O/c1-10-13(14(19-3)18(2)17-10)9-16-8-11-5-4-6-12(15)7-11/h4-7,16H,8-9H2,1-3H3. The van der Waals surface area contributed by atoms with Gasteiger partial charge in [0.15, 0.2) is 0 Å². The van der Waals surface area contributed by atoms with Crippen molar-refractivity contribution in [2.75, 3.05) is 7.11 Å². The van der Waals surface area contributed by atoms with Crippen molar-refractivity contribution in [2.45, 2.75) is 20.0 Å². The molecule has 0 unspecified atom stereocenters. The number of methoxy groups -OCH3 is 1. The molecule has 2 rings (SSSR count). The third kappa shape index (κ3) is 3.36. The van der Waals surface area contributed by atoms with Crippen molar-refractivity contribution in [1.82, 2.24) is 15.1 Å². The molecule has 19 heavy (non-hydrogen) atoms. The molecule has 0 saturated carbocycles. The van der Waals surface area contributed by atoms with Crippen molar-refractivity contribution in [3.8, 4) is 5.88 Å². The lowest BCUT2D eigenvalue weighted by atomic mass is 10.2. The Morgan fingerprint density at radius 1 is 1.37 bits per heavy atom. The van der Waals surface area contributed by atoms with E-state index in [9.17, 15) is 0 Å². The van der Waals surface area contributed by atoms with Crippen LogP contribution >= 0.6 is 15.9 Å². The second-order valence-electron chi connectivity index (χ2n) is 4.43. The zero-order chi connectivity index (χ0) is 13.8. The number of hydrogen-bond acceptors (Lipinski definition) is 3. The van der Waals surface area contributed by atoms with Crippen LogP contribution in [0.25, 0.3) is 0 Å². The van der Waals surface area contributed by atoms with Crippen LogP contribution in [0.3, 0.4) is 0 Å². The van der Waals surface area contributed by atoms with Crippen molar-refractivity contribution in [2.24, 2.45) is 7.05 Å². The molecule has 1 heterocycles. The number of benzene rings is 1. The minimum atomic E-state index is 0.745. The number of rotatable bonds is 5. The maximum Gasteiger partial charge on any atom is 0.216 e. The molecule has 0 spiro atoms. The van der Waals surface area contributed by atoms with Crippen molar-refractivity contribution in [3.05, 3.63) is 45.6 Å². The van der Waals surface area contributed by atoms with Crippen LogP contribution in [0, 0.1) is 6.92 Å². The van der Waals surface area contributed by atoms with Gasteiger partial charge in [0.25, 0.3) is 0 Å². The predicted octanol–water partition coefficient (Wildman–Crippen LogP) is 2.79. The Kier molecular flexibility index (Phi) is 4.61. The average molecular weight is 324 g/mol. The van der Waals surface area contributed by atoms with Crippen LogP contribution in [-0.4, -0.2) is 16.9 Å². The van der Waals surface area contributed by atoms with E-state index in [1.807, 2.05) is 26.1 Å². The number of aromatic nitrogens is 2. The highest BCUT2D eigenvalue weighted by molar-refractivity contribution is 9.10. The number of nitrogens with zero attached hydrogens (tertiary/aromatic N) is 2. The van der Waals surface area contributed by atoms with Gasteiger partial charge in [-0.3, -0.25) is 0 Å². The zero-order valence-electron chi connectivity index (χ0n) is 11.4. The molecule has 0 aliphatic carbocycles. The van der Waals surface area contributed by atoms with Crippen molar-refractivity contribution < 1.29 is 4.74 Å². The van der Waals surface area contributed by atoms with E-state index in [4.69, 9.17) is 4.74 Å². The highest BCUT2D eigenvalue weighted by atomic mass is 79.9. The number of hydrogen-bond donors (Lipinski definition) is 1. The highest BCUT2D eigenvalue weighted by Crippen LogP contribution is 2.20. The fourth-order valence-electron chi connectivity index (χ4n) is 2.12. The molecule has 102 valence electrons. The Morgan fingerprint density at radius 2 is 2.16 bits per heavy atom. The quantitative estimate of drug-likeness (QED) is 0.919. The summed E-state index contributed by atoms with van der Waals surface area (Å²) in [7, 11) is 3.57. The van der Waals surface area contributed by atoms with E-state index < -0.39 is 0 Å². The van der Waals surface area contributed by atoms with E-state index in [0.717, 1.165) is 34.7 Å². The summed E-state index contributed by atoms with van der Waals surface area (Å²) < 4.78 is 8.24. The van der Waals surface area contributed by atoms with Gasteiger partial charge in [0.2, 0.25) is 5.88 Å². The highest BCUT2D eigenvalue weighted by Gasteiger charge is 2.12. The second-order valence-corrected chi connectivity index (χ2v) is 5.35. The first-order valence-corrected chi connectivity index (χ1v) is 6.92. The van der Waals surface area contributed by atoms with Crippen LogP contribution in [0.15, 0.2) is 28.7 Å². The molecule has 0 aliphatic rings. The molecule has 1 N–H and O–H groups in total. The molecule has 1 aromatic carbocycles. The number of nitrogens with one attached hydrogen (secondary N) is 1. The summed E-state index contributed by atoms with van der Waals surface area (Å²) in [5, 5.41) is 7.79. The third-order valence-corrected chi connectivity index (χ3v) is 3.50. The first-order valence-electron chi connectivity index (χ1n) is 6.13. The molecule has 0 saturated heterocycles. The predicted molar refractivity (Wildman–Crippen MR) is 79.2 cm³/mol. The van der Waals surface area contributed by atoms with Crippen molar-refractivity contribution in [3.63, 3.8) is 0 Å². The van der Waals surface area contributed by atoms with Gasteiger partial charge in [-0.05, 0) is 24.6 Å². The van der Waals surface area contributed by atoms with Gasteiger partial charge in [-0.15, -0.1) is 0 Å². The summed E-state index contributed by atoms with van der Waals surface area (Å²) >= 11 is 3.48. The fraction of sp³-hybridized carbons (Fsp3) is 0.357. The summed E-state index contributed by atoms with van der Waals surface area (Å²) in [6, 6.07) is 8.28. The first-order chi connectivity index (χ1) is 9.11. The van der Waals surface area contributed by atoms with E-state index in [1.54, 1.807) is 11.8 Å². The minimum absolute atomic E-state index is 0.745. The molecule has 1 aromatic heterocycles. The number of aryl methyl sites for hydroxylation is 2. The van der Waals surface area contributed by atoms with E-state index >= 15 is 0 Å². The summed E-state index contributed by atoms with van der Waals surface area (Å²) in [6.45, 7) is 3.56. The van der Waals surface area contributed by atoms with Crippen molar-refractivity contribution in [1.29, 1.82) is 0 Å². The average Bonchev–Trinajstić information content (AvgIpc) is 2.64. The van der Waals surface area contributed by atoms with Gasteiger partial charge in [0.05, 0.1) is 18.4 Å². The number of ether oxygens (including phenoxy) is 1. The molecule has 4 nitrogen and oxygen atoms in total. The third-order valence-electron chi connectivity index (χ3n) is 3.00. The minimum Gasteiger partial charge on any atom is -0.481 e. The van der Waals surface area contributed by atoms with E-state index in [-0.39, 0.29) is 0 Å². The Morgan fingerprint density at radius 3 is 2.84 bits per heavy atom. The lowest BCUT2D eigenvalue weighted by Crippen LogP contribution is -2.13. The maximum atomic E-state index is 5.37. The van der Waals surface area contributed by atoms with Gasteiger partial charge >= 0.3 is 0 Å². The smallest absolute Gasteiger partial charge is 0.216 e. The number of halogens is 1. The maximum absolute atomic E-state index is 5.37. The van der Waals surface area contributed by atoms with Gasteiger partial charge < -0.3 is 10.1 Å². The first kappa shape index (κ1) is 14.1. The Labute approximate surface area is 121 Å². The molecule has 0 fully saturated rings. The zero-order valence-corrected chi connectivity index (χ0v) is 13.0. The van der Waals surface area contributed by atoms with Crippen LogP contribution in [0.2, 0.25) is 0 Å². The lowest BCUT2D eigenvalue weighted by Gasteiger charge is -2.07. The molecule has 2 aromatic rings. The second kappa shape index (κ2) is 6.21. The van der Waals surface area contributed by atoms with Crippen LogP contribution in [-0.2, 0) is 20.1 Å². The van der Waals surface area contributed by atoms with Crippen LogP contribution < -0.4 is 10.1 Å². The molecular weight excluding hydrogens is 306 g/mol. The molecule has 0 aliphatic heterocycles. The molecule has 0 amide bonds. The van der Waals surface area contributed by atoms with Gasteiger partial charge in [-0.1, -0.05) is 28.1 Å². The normalized spacial score (nSPS) is 10.7. The molecule has 5 heteroatoms. The SMILES string of the molecule is COc1c(CNCc2cccc(Br)c2)c(C)nn1C. The topological polar surface area (TPSA) is 39.1 Å². The summed E-state index contributed by atoms with van der Waals surface area (Å²) in [4.78, 5) is 0. The summed E-state index contributed by atoms with van der Waals surface area (Å²) in [5.74, 6) is 0.819. The Hall–Kier alpha value is -1.33. The molecule has 0 bridgehead atoms. The van der Waals surface area contributed by atoms with E-state index in [2.05, 4.69) is 38.5 Å². The van der Waals surface area contributed by atoms with Crippen LogP contribution in [0.4, 0.5) is 0 Å². The summed E-state index contributed by atoms with van der Waals surface area (Å²) in [5.41, 5.74) is 3.36. The van der Waals surface area contributed by atoms with Gasteiger partial charge in [0.1, 0.15) is 0 Å². The van der Waals surface area contributed by atoms with Gasteiger partial charge in [0, 0.05) is 24.6 Å². The molecular formula is C14H18BrN3O. The van der Waals surface area contributed by atoms with Gasteiger partial charge in [-0.25, -0.2) is 4.68 Å². The van der Waals surface area contributed by atoms with Crippen LogP contribution in [0.5, 0.6) is 5.88 Å². The van der Waals surface area contributed by atoms with E-state index in [0.29, 0.717) is 0 Å². The monoisotopic (exact) mass is 323 g/mol. The Balaban J connectivity index is 2.00. The van der Waals surface area contributed by atoms with Gasteiger partial charge in [-0.2, -0.15) is 5.10 Å². The van der Waals surface area contributed by atoms with Crippen LogP contribution in [0.1, 0.15) is 16.8 Å². The van der Waals surface area contributed by atoms with E-state index in [1.165, 1.54) is 5.56 Å². The molecule has 0 atom stereocenters. The lowest BCUT2D eigenvalue weighted by molar-refractivity contribution is 0.368. The fourth-order valence-corrected chi connectivity index (χ4v) is 2.57. The van der Waals surface area contributed by atoms with Crippen molar-refractivity contribution >= 4 is 15.9 Å². The summed E-state index contributed by atoms with van der Waals surface area (Å²) in [6.07, 6.45) is 0.